The average Bonchev–Trinajstić information content (AvgIpc) is 2.20. The average molecular weight is 276 g/mol. The molecule has 0 saturated carbocycles. The lowest BCUT2D eigenvalue weighted by Gasteiger charge is -2.13. The summed E-state index contributed by atoms with van der Waals surface area (Å²) in [4.78, 5) is 0. The van der Waals surface area contributed by atoms with Crippen LogP contribution in [-0.4, -0.2) is 14.5 Å². The Balaban J connectivity index is 2.63. The fraction of sp³-hybridized carbons (Fsp3) is 0.500. The van der Waals surface area contributed by atoms with Gasteiger partial charge in [-0.2, -0.15) is 0 Å². The summed E-state index contributed by atoms with van der Waals surface area (Å²) >= 11 is 5.74. The SMILES string of the molecule is CCC[C@@H](C)NS(=O)(=O)Cc1ccc(Cl)cc1. The molecule has 0 aromatic heterocycles. The molecule has 1 atom stereocenters. The first-order chi connectivity index (χ1) is 7.93. The maximum absolute atomic E-state index is 11.8. The molecule has 5 heteroatoms. The first-order valence-electron chi connectivity index (χ1n) is 5.67. The summed E-state index contributed by atoms with van der Waals surface area (Å²) < 4.78 is 26.3. The minimum atomic E-state index is -3.26. The van der Waals surface area contributed by atoms with Crippen LogP contribution in [0.4, 0.5) is 0 Å². The molecule has 1 aromatic carbocycles. The van der Waals surface area contributed by atoms with Gasteiger partial charge in [-0.3, -0.25) is 0 Å². The van der Waals surface area contributed by atoms with Gasteiger partial charge in [0.15, 0.2) is 0 Å². The van der Waals surface area contributed by atoms with Crippen molar-refractivity contribution < 1.29 is 8.42 Å². The molecule has 1 rings (SSSR count). The summed E-state index contributed by atoms with van der Waals surface area (Å²) in [6.07, 6.45) is 1.81. The molecule has 96 valence electrons. The molecule has 1 aromatic rings. The van der Waals surface area contributed by atoms with Crippen LogP contribution in [0.3, 0.4) is 0 Å². The Morgan fingerprint density at radius 3 is 2.41 bits per heavy atom. The summed E-state index contributed by atoms with van der Waals surface area (Å²) in [7, 11) is -3.26. The Bertz CT molecular complexity index is 442. The van der Waals surface area contributed by atoms with Gasteiger partial charge >= 0.3 is 0 Å². The minimum absolute atomic E-state index is 0.00176. The Kier molecular flexibility index (Phi) is 5.43. The molecule has 0 unspecified atom stereocenters. The second-order valence-corrected chi connectivity index (χ2v) is 6.38. The van der Waals surface area contributed by atoms with E-state index in [4.69, 9.17) is 11.6 Å². The lowest BCUT2D eigenvalue weighted by Crippen LogP contribution is -2.33. The van der Waals surface area contributed by atoms with E-state index in [0.717, 1.165) is 18.4 Å². The lowest BCUT2D eigenvalue weighted by atomic mass is 10.2. The van der Waals surface area contributed by atoms with E-state index in [2.05, 4.69) is 4.72 Å². The van der Waals surface area contributed by atoms with Crippen molar-refractivity contribution >= 4 is 21.6 Å². The fourth-order valence-electron chi connectivity index (χ4n) is 1.64. The minimum Gasteiger partial charge on any atom is -0.212 e. The van der Waals surface area contributed by atoms with Crippen LogP contribution in [0.5, 0.6) is 0 Å². The molecule has 3 nitrogen and oxygen atoms in total. The van der Waals surface area contributed by atoms with Crippen LogP contribution >= 0.6 is 11.6 Å². The van der Waals surface area contributed by atoms with Gasteiger partial charge in [0.05, 0.1) is 5.75 Å². The maximum Gasteiger partial charge on any atom is 0.216 e. The summed E-state index contributed by atoms with van der Waals surface area (Å²) in [5.74, 6) is -0.00176. The van der Waals surface area contributed by atoms with Gasteiger partial charge in [0.2, 0.25) is 10.0 Å². The van der Waals surface area contributed by atoms with E-state index in [0.29, 0.717) is 5.02 Å². The van der Waals surface area contributed by atoms with Crippen LogP contribution in [0.2, 0.25) is 5.02 Å². The predicted molar refractivity (Wildman–Crippen MR) is 71.6 cm³/mol. The van der Waals surface area contributed by atoms with E-state index in [9.17, 15) is 8.42 Å². The van der Waals surface area contributed by atoms with Crippen molar-refractivity contribution in [2.24, 2.45) is 0 Å². The molecule has 0 spiro atoms. The number of hydrogen-bond donors (Lipinski definition) is 1. The van der Waals surface area contributed by atoms with Crippen LogP contribution < -0.4 is 4.72 Å². The molecule has 0 bridgehead atoms. The van der Waals surface area contributed by atoms with E-state index >= 15 is 0 Å². The highest BCUT2D eigenvalue weighted by molar-refractivity contribution is 7.88. The molecule has 0 aliphatic heterocycles. The van der Waals surface area contributed by atoms with Crippen LogP contribution in [0.25, 0.3) is 0 Å². The van der Waals surface area contributed by atoms with Crippen molar-refractivity contribution in [3.05, 3.63) is 34.9 Å². The quantitative estimate of drug-likeness (QED) is 0.868. The second-order valence-electron chi connectivity index (χ2n) is 4.19. The molecule has 0 saturated heterocycles. The standard InChI is InChI=1S/C12H18ClNO2S/c1-3-4-10(2)14-17(15,16)9-11-5-7-12(13)8-6-11/h5-8,10,14H,3-4,9H2,1-2H3/t10-/m1/s1. The van der Waals surface area contributed by atoms with Gasteiger partial charge in [0.1, 0.15) is 0 Å². The number of benzene rings is 1. The van der Waals surface area contributed by atoms with Crippen molar-refractivity contribution in [1.29, 1.82) is 0 Å². The summed E-state index contributed by atoms with van der Waals surface area (Å²) in [6.45, 7) is 3.91. The molecule has 0 aliphatic carbocycles. The third kappa shape index (κ3) is 5.52. The first kappa shape index (κ1) is 14.5. The molecule has 0 aliphatic rings. The highest BCUT2D eigenvalue weighted by Gasteiger charge is 2.14. The smallest absolute Gasteiger partial charge is 0.212 e. The Labute approximate surface area is 108 Å². The highest BCUT2D eigenvalue weighted by atomic mass is 35.5. The number of hydrogen-bond acceptors (Lipinski definition) is 2. The van der Waals surface area contributed by atoms with Crippen molar-refractivity contribution in [3.8, 4) is 0 Å². The monoisotopic (exact) mass is 275 g/mol. The molecule has 0 amide bonds. The van der Waals surface area contributed by atoms with Gasteiger partial charge in [0.25, 0.3) is 0 Å². The van der Waals surface area contributed by atoms with E-state index in [1.165, 1.54) is 0 Å². The van der Waals surface area contributed by atoms with Crippen molar-refractivity contribution in [2.45, 2.75) is 38.5 Å². The van der Waals surface area contributed by atoms with E-state index < -0.39 is 10.0 Å². The van der Waals surface area contributed by atoms with E-state index in [-0.39, 0.29) is 11.8 Å². The van der Waals surface area contributed by atoms with Gasteiger partial charge in [-0.25, -0.2) is 13.1 Å². The zero-order chi connectivity index (χ0) is 12.9. The highest BCUT2D eigenvalue weighted by Crippen LogP contribution is 2.12. The largest absolute Gasteiger partial charge is 0.216 e. The molecular weight excluding hydrogens is 258 g/mol. The van der Waals surface area contributed by atoms with Gasteiger partial charge in [-0.15, -0.1) is 0 Å². The third-order valence-corrected chi connectivity index (χ3v) is 4.10. The summed E-state index contributed by atoms with van der Waals surface area (Å²) in [5, 5.41) is 0.610. The predicted octanol–water partition coefficient (Wildman–Crippen LogP) is 2.95. The normalized spacial score (nSPS) is 13.6. The maximum atomic E-state index is 11.8. The third-order valence-electron chi connectivity index (χ3n) is 2.37. The fourth-order valence-corrected chi connectivity index (χ4v) is 3.21. The number of nitrogens with one attached hydrogen (secondary N) is 1. The molecule has 0 fully saturated rings. The van der Waals surface area contributed by atoms with Gasteiger partial charge in [-0.05, 0) is 31.0 Å². The number of halogens is 1. The number of rotatable bonds is 6. The topological polar surface area (TPSA) is 46.2 Å². The van der Waals surface area contributed by atoms with Crippen molar-refractivity contribution in [3.63, 3.8) is 0 Å². The molecule has 17 heavy (non-hydrogen) atoms. The van der Waals surface area contributed by atoms with Gasteiger partial charge in [-0.1, -0.05) is 37.1 Å². The van der Waals surface area contributed by atoms with E-state index in [1.54, 1.807) is 24.3 Å². The van der Waals surface area contributed by atoms with Crippen molar-refractivity contribution in [2.75, 3.05) is 0 Å². The molecule has 1 N–H and O–H groups in total. The zero-order valence-corrected chi connectivity index (χ0v) is 11.7. The van der Waals surface area contributed by atoms with Crippen molar-refractivity contribution in [1.82, 2.24) is 4.72 Å². The number of sulfonamides is 1. The molecule has 0 heterocycles. The van der Waals surface area contributed by atoms with E-state index in [1.807, 2.05) is 13.8 Å². The Morgan fingerprint density at radius 1 is 1.29 bits per heavy atom. The first-order valence-corrected chi connectivity index (χ1v) is 7.70. The zero-order valence-electron chi connectivity index (χ0n) is 10.1. The Hall–Kier alpha value is -0.580. The second kappa shape index (κ2) is 6.38. The van der Waals surface area contributed by atoms with Crippen LogP contribution in [-0.2, 0) is 15.8 Å². The lowest BCUT2D eigenvalue weighted by molar-refractivity contribution is 0.543. The summed E-state index contributed by atoms with van der Waals surface area (Å²) in [6, 6.07) is 6.83. The summed E-state index contributed by atoms with van der Waals surface area (Å²) in [5.41, 5.74) is 0.741. The van der Waals surface area contributed by atoms with Crippen LogP contribution in [0.1, 0.15) is 32.3 Å². The van der Waals surface area contributed by atoms with Crippen LogP contribution in [0.15, 0.2) is 24.3 Å². The van der Waals surface area contributed by atoms with Gasteiger partial charge in [0, 0.05) is 11.1 Å². The van der Waals surface area contributed by atoms with Gasteiger partial charge < -0.3 is 0 Å². The van der Waals surface area contributed by atoms with Crippen LogP contribution in [0, 0.1) is 0 Å². The Morgan fingerprint density at radius 2 is 1.88 bits per heavy atom. The molecular formula is C12H18ClNO2S. The molecule has 0 radical (unpaired) electrons.